The third kappa shape index (κ3) is 3.01. The molecule has 1 aliphatic rings. The van der Waals surface area contributed by atoms with E-state index in [0.29, 0.717) is 0 Å². The smallest absolute Gasteiger partial charge is 0.0461 e. The molecular formula is C8H12N6. The van der Waals surface area contributed by atoms with E-state index < -0.39 is 0 Å². The Labute approximate surface area is 81.9 Å². The lowest BCUT2D eigenvalue weighted by atomic mass is 9.97. The van der Waals surface area contributed by atoms with Crippen LogP contribution in [0.15, 0.2) is 22.4 Å². The highest BCUT2D eigenvalue weighted by atomic mass is 15.2. The zero-order valence-electron chi connectivity index (χ0n) is 7.82. The summed E-state index contributed by atoms with van der Waals surface area (Å²) in [5.41, 5.74) is 16.7. The molecule has 14 heavy (non-hydrogen) atoms. The number of hydrogen-bond donors (Lipinski definition) is 0. The Morgan fingerprint density at radius 2 is 1.36 bits per heavy atom. The normalized spacial score (nSPS) is 28.9. The summed E-state index contributed by atoms with van der Waals surface area (Å²) < 4.78 is 0. The van der Waals surface area contributed by atoms with Gasteiger partial charge in [0.25, 0.3) is 0 Å². The van der Waals surface area contributed by atoms with Gasteiger partial charge in [0.05, 0.1) is 0 Å². The van der Waals surface area contributed by atoms with Crippen molar-refractivity contribution in [3.63, 3.8) is 0 Å². The minimum atomic E-state index is -0.194. The highest BCUT2D eigenvalue weighted by molar-refractivity contribution is 4.93. The summed E-state index contributed by atoms with van der Waals surface area (Å²) in [6.07, 6.45) is 7.41. The van der Waals surface area contributed by atoms with Crippen LogP contribution in [0.4, 0.5) is 0 Å². The molecule has 6 heteroatoms. The molecular weight excluding hydrogens is 180 g/mol. The number of azide groups is 2. The first-order chi connectivity index (χ1) is 6.88. The first-order valence-electron chi connectivity index (χ1n) is 4.62. The molecule has 2 atom stereocenters. The molecule has 74 valence electrons. The van der Waals surface area contributed by atoms with E-state index in [2.05, 4.69) is 32.2 Å². The molecule has 1 aliphatic carbocycles. The van der Waals surface area contributed by atoms with Gasteiger partial charge in [-0.2, -0.15) is 0 Å². The summed E-state index contributed by atoms with van der Waals surface area (Å²) in [5.74, 6) is 0. The van der Waals surface area contributed by atoms with Crippen LogP contribution in [0.25, 0.3) is 20.9 Å². The van der Waals surface area contributed by atoms with Crippen molar-refractivity contribution in [2.75, 3.05) is 0 Å². The maximum atomic E-state index is 8.37. The molecule has 1 rings (SSSR count). The van der Waals surface area contributed by atoms with E-state index in [0.717, 1.165) is 25.7 Å². The Balaban J connectivity index is 2.76. The number of nitrogens with zero attached hydrogens (tertiary/aromatic N) is 6. The van der Waals surface area contributed by atoms with E-state index in [1.165, 1.54) is 0 Å². The van der Waals surface area contributed by atoms with Crippen molar-refractivity contribution >= 4 is 0 Å². The molecule has 0 aromatic rings. The molecule has 0 saturated carbocycles. The molecule has 0 bridgehead atoms. The van der Waals surface area contributed by atoms with Gasteiger partial charge in [-0.1, -0.05) is 22.4 Å². The third-order valence-corrected chi connectivity index (χ3v) is 2.27. The molecule has 0 amide bonds. The van der Waals surface area contributed by atoms with E-state index >= 15 is 0 Å². The van der Waals surface area contributed by atoms with Gasteiger partial charge in [-0.25, -0.2) is 0 Å². The number of hydrogen-bond acceptors (Lipinski definition) is 2. The van der Waals surface area contributed by atoms with Crippen molar-refractivity contribution in [1.29, 1.82) is 0 Å². The van der Waals surface area contributed by atoms with Gasteiger partial charge in [-0.15, -0.1) is 0 Å². The Kier molecular flexibility index (Phi) is 4.41. The quantitative estimate of drug-likeness (QED) is 0.277. The van der Waals surface area contributed by atoms with Gasteiger partial charge in [-0.3, -0.25) is 0 Å². The zero-order chi connectivity index (χ0) is 10.2. The van der Waals surface area contributed by atoms with E-state index in [1.54, 1.807) is 0 Å². The van der Waals surface area contributed by atoms with Gasteiger partial charge >= 0.3 is 0 Å². The SMILES string of the molecule is [N-]=[N+]=N[C@H]1CC/C=C\CC[C@H]1N=[N+]=[N-]. The van der Waals surface area contributed by atoms with E-state index in [9.17, 15) is 0 Å². The van der Waals surface area contributed by atoms with Crippen LogP contribution in [-0.2, 0) is 0 Å². The predicted octanol–water partition coefficient (Wildman–Crippen LogP) is 3.47. The van der Waals surface area contributed by atoms with Crippen LogP contribution >= 0.6 is 0 Å². The number of allylic oxidation sites excluding steroid dienone is 2. The summed E-state index contributed by atoms with van der Waals surface area (Å²) in [5, 5.41) is 7.33. The van der Waals surface area contributed by atoms with Crippen molar-refractivity contribution in [2.45, 2.75) is 37.8 Å². The van der Waals surface area contributed by atoms with Crippen LogP contribution in [0.3, 0.4) is 0 Å². The van der Waals surface area contributed by atoms with Crippen molar-refractivity contribution < 1.29 is 0 Å². The first-order valence-corrected chi connectivity index (χ1v) is 4.62. The Morgan fingerprint density at radius 1 is 0.929 bits per heavy atom. The first kappa shape index (κ1) is 10.4. The lowest BCUT2D eigenvalue weighted by Gasteiger charge is -2.19. The van der Waals surface area contributed by atoms with Gasteiger partial charge in [0, 0.05) is 21.9 Å². The van der Waals surface area contributed by atoms with Gasteiger partial charge in [0.15, 0.2) is 0 Å². The third-order valence-electron chi connectivity index (χ3n) is 2.27. The lowest BCUT2D eigenvalue weighted by molar-refractivity contribution is 0.465. The minimum Gasteiger partial charge on any atom is -0.0902 e. The average Bonchev–Trinajstić information content (AvgIpc) is 2.16. The molecule has 0 fully saturated rings. The zero-order valence-corrected chi connectivity index (χ0v) is 7.82. The fraction of sp³-hybridized carbons (Fsp3) is 0.750. The second-order valence-corrected chi connectivity index (χ2v) is 3.17. The van der Waals surface area contributed by atoms with Gasteiger partial charge in [-0.05, 0) is 36.7 Å². The van der Waals surface area contributed by atoms with Crippen LogP contribution in [-0.4, -0.2) is 12.1 Å². The highest BCUT2D eigenvalue weighted by Gasteiger charge is 2.18. The van der Waals surface area contributed by atoms with Crippen LogP contribution in [0.2, 0.25) is 0 Å². The minimum absolute atomic E-state index is 0.194. The summed E-state index contributed by atoms with van der Waals surface area (Å²) >= 11 is 0. The van der Waals surface area contributed by atoms with Gasteiger partial charge < -0.3 is 0 Å². The van der Waals surface area contributed by atoms with Crippen LogP contribution in [0.1, 0.15) is 25.7 Å². The molecule has 0 aliphatic heterocycles. The highest BCUT2D eigenvalue weighted by Crippen LogP contribution is 2.19. The van der Waals surface area contributed by atoms with E-state index in [-0.39, 0.29) is 12.1 Å². The molecule has 0 N–H and O–H groups in total. The standard InChI is InChI=1S/C8H12N6/c9-13-11-7-5-3-1-2-4-6-8(7)12-14-10/h1-2,7-8H,3-6H2/b2-1-/t7-,8+. The Bertz CT molecular complexity index is 267. The maximum absolute atomic E-state index is 8.37. The molecule has 6 nitrogen and oxygen atoms in total. The lowest BCUT2D eigenvalue weighted by Crippen LogP contribution is -2.22. The molecule has 0 radical (unpaired) electrons. The van der Waals surface area contributed by atoms with Crippen LogP contribution in [0, 0.1) is 0 Å². The van der Waals surface area contributed by atoms with Gasteiger partial charge in [0.1, 0.15) is 0 Å². The summed E-state index contributed by atoms with van der Waals surface area (Å²) in [7, 11) is 0. The fourth-order valence-electron chi connectivity index (χ4n) is 1.56. The van der Waals surface area contributed by atoms with Crippen molar-refractivity contribution in [1.82, 2.24) is 0 Å². The van der Waals surface area contributed by atoms with Crippen molar-refractivity contribution in [3.05, 3.63) is 33.0 Å². The molecule has 0 spiro atoms. The van der Waals surface area contributed by atoms with Gasteiger partial charge in [0.2, 0.25) is 0 Å². The maximum Gasteiger partial charge on any atom is 0.0461 e. The summed E-state index contributed by atoms with van der Waals surface area (Å²) in [4.78, 5) is 5.56. The van der Waals surface area contributed by atoms with E-state index in [1.807, 2.05) is 0 Å². The summed E-state index contributed by atoms with van der Waals surface area (Å²) in [6.45, 7) is 0. The van der Waals surface area contributed by atoms with Crippen LogP contribution < -0.4 is 0 Å². The van der Waals surface area contributed by atoms with E-state index in [4.69, 9.17) is 11.1 Å². The second-order valence-electron chi connectivity index (χ2n) is 3.17. The predicted molar refractivity (Wildman–Crippen MR) is 53.5 cm³/mol. The Morgan fingerprint density at radius 3 is 1.71 bits per heavy atom. The number of rotatable bonds is 2. The molecule has 0 saturated heterocycles. The Hall–Kier alpha value is -1.64. The van der Waals surface area contributed by atoms with Crippen molar-refractivity contribution in [2.24, 2.45) is 10.2 Å². The fourth-order valence-corrected chi connectivity index (χ4v) is 1.56. The summed E-state index contributed by atoms with van der Waals surface area (Å²) in [6, 6.07) is -0.387. The largest absolute Gasteiger partial charge is 0.0902 e. The topological polar surface area (TPSA) is 97.5 Å². The molecule has 0 aromatic heterocycles. The molecule has 0 aromatic carbocycles. The molecule has 0 heterocycles. The monoisotopic (exact) mass is 192 g/mol. The second kappa shape index (κ2) is 5.91. The average molecular weight is 192 g/mol. The molecule has 0 unspecified atom stereocenters. The van der Waals surface area contributed by atoms with Crippen LogP contribution in [0.5, 0.6) is 0 Å². The van der Waals surface area contributed by atoms with Crippen molar-refractivity contribution in [3.8, 4) is 0 Å².